The molecule has 0 spiro atoms. The number of nitrogens with zero attached hydrogens (tertiary/aromatic N) is 1. The summed E-state index contributed by atoms with van der Waals surface area (Å²) in [6.45, 7) is 8.80. The minimum Gasteiger partial charge on any atom is -0.302 e. The quantitative estimate of drug-likeness (QED) is 0.621. The lowest BCUT2D eigenvalue weighted by Crippen LogP contribution is -2.36. The third-order valence-corrected chi connectivity index (χ3v) is 3.12. The first-order valence-electron chi connectivity index (χ1n) is 5.40. The van der Waals surface area contributed by atoms with E-state index < -0.39 is 0 Å². The Morgan fingerprint density at radius 2 is 2.23 bits per heavy atom. The highest BCUT2D eigenvalue weighted by molar-refractivity contribution is 5.59. The predicted octanol–water partition coefficient (Wildman–Crippen LogP) is 1.94. The Bertz CT molecular complexity index is 167. The van der Waals surface area contributed by atoms with Crippen LogP contribution in [0.1, 0.15) is 33.6 Å². The van der Waals surface area contributed by atoms with Crippen molar-refractivity contribution in [3.8, 4) is 0 Å². The van der Waals surface area contributed by atoms with Crippen LogP contribution in [0.25, 0.3) is 0 Å². The Kier molecular flexibility index (Phi) is 3.91. The molecule has 1 saturated heterocycles. The van der Waals surface area contributed by atoms with E-state index in [-0.39, 0.29) is 6.04 Å². The molecule has 0 bridgehead atoms. The zero-order valence-corrected chi connectivity index (χ0v) is 8.99. The summed E-state index contributed by atoms with van der Waals surface area (Å²) < 4.78 is 0. The molecular weight excluding hydrogens is 162 g/mol. The molecule has 2 heteroatoms. The summed E-state index contributed by atoms with van der Waals surface area (Å²) in [6.07, 6.45) is 3.49. The van der Waals surface area contributed by atoms with Crippen molar-refractivity contribution < 1.29 is 4.79 Å². The molecule has 0 N–H and O–H groups in total. The van der Waals surface area contributed by atoms with Gasteiger partial charge in [-0.15, -0.1) is 0 Å². The number of hydrogen-bond donors (Lipinski definition) is 0. The van der Waals surface area contributed by atoms with E-state index in [4.69, 9.17) is 0 Å². The van der Waals surface area contributed by atoms with Gasteiger partial charge in [-0.05, 0) is 37.8 Å². The molecule has 2 atom stereocenters. The van der Waals surface area contributed by atoms with Gasteiger partial charge in [-0.25, -0.2) is 0 Å². The van der Waals surface area contributed by atoms with Crippen molar-refractivity contribution in [2.45, 2.75) is 39.7 Å². The smallest absolute Gasteiger partial charge is 0.137 e. The minimum absolute atomic E-state index is 0.194. The molecule has 13 heavy (non-hydrogen) atoms. The number of aldehydes is 1. The second-order valence-electron chi connectivity index (χ2n) is 4.36. The van der Waals surface area contributed by atoms with E-state index in [2.05, 4.69) is 25.7 Å². The van der Waals surface area contributed by atoms with Gasteiger partial charge in [0, 0.05) is 0 Å². The predicted molar refractivity (Wildman–Crippen MR) is 54.7 cm³/mol. The van der Waals surface area contributed by atoms with Crippen LogP contribution in [0.3, 0.4) is 0 Å². The number of likely N-dealkylation sites (tertiary alicyclic amines) is 1. The lowest BCUT2D eigenvalue weighted by Gasteiger charge is -2.24. The molecule has 0 aromatic rings. The van der Waals surface area contributed by atoms with E-state index in [1.54, 1.807) is 0 Å². The third kappa shape index (κ3) is 2.31. The molecule has 0 aromatic heterocycles. The molecular formula is C11H21NO. The van der Waals surface area contributed by atoms with Crippen LogP contribution >= 0.6 is 0 Å². The fourth-order valence-corrected chi connectivity index (χ4v) is 2.37. The maximum Gasteiger partial charge on any atom is 0.137 e. The average Bonchev–Trinajstić information content (AvgIpc) is 2.48. The molecule has 1 fully saturated rings. The van der Waals surface area contributed by atoms with Gasteiger partial charge >= 0.3 is 0 Å². The van der Waals surface area contributed by atoms with Crippen LogP contribution in [0, 0.1) is 11.8 Å². The fourth-order valence-electron chi connectivity index (χ4n) is 2.37. The molecule has 0 aliphatic carbocycles. The molecule has 1 aliphatic rings. The first-order valence-corrected chi connectivity index (χ1v) is 5.40. The van der Waals surface area contributed by atoms with E-state index in [0.29, 0.717) is 11.8 Å². The van der Waals surface area contributed by atoms with Gasteiger partial charge < -0.3 is 4.79 Å². The molecule has 1 aliphatic heterocycles. The lowest BCUT2D eigenvalue weighted by molar-refractivity contribution is -0.112. The molecule has 1 heterocycles. The zero-order chi connectivity index (χ0) is 9.84. The molecule has 0 saturated carbocycles. The molecule has 2 nitrogen and oxygen atoms in total. The Morgan fingerprint density at radius 1 is 1.54 bits per heavy atom. The van der Waals surface area contributed by atoms with Gasteiger partial charge in [0.05, 0.1) is 6.04 Å². The third-order valence-electron chi connectivity index (χ3n) is 3.12. The summed E-state index contributed by atoms with van der Waals surface area (Å²) in [4.78, 5) is 13.3. The monoisotopic (exact) mass is 183 g/mol. The van der Waals surface area contributed by atoms with Crippen molar-refractivity contribution in [2.75, 3.05) is 13.1 Å². The molecule has 0 radical (unpaired) electrons. The van der Waals surface area contributed by atoms with Gasteiger partial charge in [0.25, 0.3) is 0 Å². The van der Waals surface area contributed by atoms with Crippen molar-refractivity contribution in [3.05, 3.63) is 0 Å². The van der Waals surface area contributed by atoms with E-state index in [1.165, 1.54) is 6.42 Å². The SMILES string of the molecule is CCCN1CCC(C(C)C)C1C=O. The topological polar surface area (TPSA) is 20.3 Å². The van der Waals surface area contributed by atoms with E-state index in [1.807, 2.05) is 0 Å². The Balaban J connectivity index is 2.57. The van der Waals surface area contributed by atoms with Gasteiger partial charge in [-0.3, -0.25) is 4.90 Å². The van der Waals surface area contributed by atoms with Gasteiger partial charge in [0.1, 0.15) is 6.29 Å². The summed E-state index contributed by atoms with van der Waals surface area (Å²) >= 11 is 0. The van der Waals surface area contributed by atoms with Gasteiger partial charge in [0.15, 0.2) is 0 Å². The summed E-state index contributed by atoms with van der Waals surface area (Å²) in [5.41, 5.74) is 0. The van der Waals surface area contributed by atoms with Crippen molar-refractivity contribution in [1.82, 2.24) is 4.90 Å². The van der Waals surface area contributed by atoms with Crippen LogP contribution in [0.4, 0.5) is 0 Å². The zero-order valence-electron chi connectivity index (χ0n) is 8.99. The first-order chi connectivity index (χ1) is 6.20. The average molecular weight is 183 g/mol. The number of hydrogen-bond acceptors (Lipinski definition) is 2. The summed E-state index contributed by atoms with van der Waals surface area (Å²) in [6, 6.07) is 0.194. The number of carbonyl (C=O) groups is 1. The van der Waals surface area contributed by atoms with Crippen LogP contribution in [-0.4, -0.2) is 30.3 Å². The number of carbonyl (C=O) groups excluding carboxylic acids is 1. The summed E-state index contributed by atoms with van der Waals surface area (Å²) in [5.74, 6) is 1.22. The van der Waals surface area contributed by atoms with E-state index in [9.17, 15) is 4.79 Å². The molecule has 1 rings (SSSR count). The Labute approximate surface area is 81.3 Å². The van der Waals surface area contributed by atoms with Crippen molar-refractivity contribution in [2.24, 2.45) is 11.8 Å². The first kappa shape index (κ1) is 10.7. The van der Waals surface area contributed by atoms with E-state index in [0.717, 1.165) is 25.8 Å². The Hall–Kier alpha value is -0.370. The van der Waals surface area contributed by atoms with Gasteiger partial charge in [0.2, 0.25) is 0 Å². The minimum atomic E-state index is 0.194. The highest BCUT2D eigenvalue weighted by Crippen LogP contribution is 2.29. The van der Waals surface area contributed by atoms with Crippen molar-refractivity contribution in [1.29, 1.82) is 0 Å². The van der Waals surface area contributed by atoms with Crippen LogP contribution in [0.2, 0.25) is 0 Å². The normalized spacial score (nSPS) is 29.8. The Morgan fingerprint density at radius 3 is 2.69 bits per heavy atom. The second kappa shape index (κ2) is 4.75. The largest absolute Gasteiger partial charge is 0.302 e. The van der Waals surface area contributed by atoms with Crippen LogP contribution < -0.4 is 0 Å². The van der Waals surface area contributed by atoms with Crippen LogP contribution in [0.15, 0.2) is 0 Å². The maximum atomic E-state index is 11.0. The summed E-state index contributed by atoms with van der Waals surface area (Å²) in [5, 5.41) is 0. The summed E-state index contributed by atoms with van der Waals surface area (Å²) in [7, 11) is 0. The van der Waals surface area contributed by atoms with E-state index >= 15 is 0 Å². The maximum absolute atomic E-state index is 11.0. The van der Waals surface area contributed by atoms with Crippen molar-refractivity contribution >= 4 is 6.29 Å². The molecule has 76 valence electrons. The fraction of sp³-hybridized carbons (Fsp3) is 0.909. The van der Waals surface area contributed by atoms with Gasteiger partial charge in [-0.1, -0.05) is 20.8 Å². The highest BCUT2D eigenvalue weighted by atomic mass is 16.1. The molecule has 2 unspecified atom stereocenters. The lowest BCUT2D eigenvalue weighted by atomic mass is 9.89. The molecule has 0 amide bonds. The van der Waals surface area contributed by atoms with Crippen LogP contribution in [-0.2, 0) is 4.79 Å². The molecule has 0 aromatic carbocycles. The number of rotatable bonds is 4. The van der Waals surface area contributed by atoms with Gasteiger partial charge in [-0.2, -0.15) is 0 Å². The van der Waals surface area contributed by atoms with Crippen molar-refractivity contribution in [3.63, 3.8) is 0 Å². The van der Waals surface area contributed by atoms with Crippen LogP contribution in [0.5, 0.6) is 0 Å². The standard InChI is InChI=1S/C11H21NO/c1-4-6-12-7-5-10(9(2)3)11(12)8-13/h8-11H,4-7H2,1-3H3. The highest BCUT2D eigenvalue weighted by Gasteiger charge is 2.34. The second-order valence-corrected chi connectivity index (χ2v) is 4.36.